The van der Waals surface area contributed by atoms with Crippen molar-refractivity contribution in [3.8, 4) is 0 Å². The van der Waals surface area contributed by atoms with Gasteiger partial charge in [0.2, 0.25) is 0 Å². The van der Waals surface area contributed by atoms with Crippen molar-refractivity contribution in [3.05, 3.63) is 34.9 Å². The number of hydrogen-bond acceptors (Lipinski definition) is 2. The molecule has 2 nitrogen and oxygen atoms in total. The van der Waals surface area contributed by atoms with Gasteiger partial charge in [-0.2, -0.15) is 13.2 Å². The van der Waals surface area contributed by atoms with Gasteiger partial charge in [-0.1, -0.05) is 19.9 Å². The Morgan fingerprint density at radius 2 is 1.89 bits per heavy atom. The molecule has 0 heterocycles. The lowest BCUT2D eigenvalue weighted by atomic mass is 9.86. The quantitative estimate of drug-likeness (QED) is 0.854. The maximum absolute atomic E-state index is 12.5. The summed E-state index contributed by atoms with van der Waals surface area (Å²) in [6, 6.07) is 3.18. The van der Waals surface area contributed by atoms with Crippen molar-refractivity contribution in [2.75, 3.05) is 6.54 Å². The second-order valence-corrected chi connectivity index (χ2v) is 4.98. The summed E-state index contributed by atoms with van der Waals surface area (Å²) in [6.07, 6.45) is -4.39. The fraction of sp³-hybridized carbons (Fsp3) is 0.500. The summed E-state index contributed by atoms with van der Waals surface area (Å²) >= 11 is 0. The van der Waals surface area contributed by atoms with Gasteiger partial charge >= 0.3 is 6.18 Å². The molecule has 0 amide bonds. The zero-order chi connectivity index (χ0) is 14.8. The molecule has 1 unspecified atom stereocenters. The minimum atomic E-state index is -4.39. The van der Waals surface area contributed by atoms with Gasteiger partial charge in [-0.05, 0) is 30.5 Å². The molecular weight excluding hydrogens is 255 g/mol. The molecule has 19 heavy (non-hydrogen) atoms. The van der Waals surface area contributed by atoms with Gasteiger partial charge in [0.1, 0.15) is 0 Å². The molecule has 1 atom stereocenters. The number of Topliss-reactive ketones (excluding diaryl/α,β-unsaturated/α-hetero) is 1. The van der Waals surface area contributed by atoms with Crippen LogP contribution in [-0.4, -0.2) is 12.3 Å². The van der Waals surface area contributed by atoms with E-state index in [1.54, 1.807) is 0 Å². The number of alkyl halides is 3. The van der Waals surface area contributed by atoms with E-state index in [4.69, 9.17) is 5.73 Å². The van der Waals surface area contributed by atoms with Crippen molar-refractivity contribution in [2.45, 2.75) is 26.9 Å². The molecule has 0 fully saturated rings. The van der Waals surface area contributed by atoms with E-state index in [9.17, 15) is 18.0 Å². The molecule has 106 valence electrons. The summed E-state index contributed by atoms with van der Waals surface area (Å²) in [5.74, 6) is -0.502. The average Bonchev–Trinajstić information content (AvgIpc) is 2.27. The first-order chi connectivity index (χ1) is 8.68. The molecule has 0 bridgehead atoms. The van der Waals surface area contributed by atoms with Crippen LogP contribution in [0.1, 0.15) is 35.3 Å². The Balaban J connectivity index is 3.13. The molecule has 1 aromatic rings. The Hall–Kier alpha value is -1.36. The summed E-state index contributed by atoms with van der Waals surface area (Å²) < 4.78 is 37.6. The van der Waals surface area contributed by atoms with Crippen molar-refractivity contribution in [1.29, 1.82) is 0 Å². The predicted octanol–water partition coefficient (Wildman–Crippen LogP) is 3.43. The molecule has 1 aromatic carbocycles. The van der Waals surface area contributed by atoms with Crippen molar-refractivity contribution in [3.63, 3.8) is 0 Å². The molecule has 0 aliphatic rings. The van der Waals surface area contributed by atoms with Gasteiger partial charge < -0.3 is 5.73 Å². The standard InChI is InChI=1S/C14H18F3NO/c1-8(2)12(7-18)13(19)11-5-4-10(6-9(11)3)14(15,16)17/h4-6,8,12H,7,18H2,1-3H3. The number of nitrogens with two attached hydrogens (primary N) is 1. The topological polar surface area (TPSA) is 43.1 Å². The zero-order valence-corrected chi connectivity index (χ0v) is 11.2. The van der Waals surface area contributed by atoms with E-state index in [0.717, 1.165) is 12.1 Å². The van der Waals surface area contributed by atoms with E-state index in [0.29, 0.717) is 11.1 Å². The second-order valence-electron chi connectivity index (χ2n) is 4.98. The Labute approximate surface area is 110 Å². The molecule has 5 heteroatoms. The Morgan fingerprint density at radius 3 is 2.26 bits per heavy atom. The highest BCUT2D eigenvalue weighted by Gasteiger charge is 2.31. The molecule has 0 aromatic heterocycles. The third kappa shape index (κ3) is 3.56. The summed E-state index contributed by atoms with van der Waals surface area (Å²) in [4.78, 5) is 12.2. The number of halogens is 3. The van der Waals surface area contributed by atoms with Gasteiger partial charge in [-0.25, -0.2) is 0 Å². The lowest BCUT2D eigenvalue weighted by Gasteiger charge is -2.19. The third-order valence-corrected chi connectivity index (χ3v) is 3.21. The Kier molecular flexibility index (Phi) is 4.74. The van der Waals surface area contributed by atoms with Gasteiger partial charge in [0.25, 0.3) is 0 Å². The molecule has 0 radical (unpaired) electrons. The fourth-order valence-corrected chi connectivity index (χ4v) is 2.00. The third-order valence-electron chi connectivity index (χ3n) is 3.21. The Morgan fingerprint density at radius 1 is 1.32 bits per heavy atom. The zero-order valence-electron chi connectivity index (χ0n) is 11.2. The van der Waals surface area contributed by atoms with Crippen LogP contribution in [0.15, 0.2) is 18.2 Å². The maximum atomic E-state index is 12.5. The number of hydrogen-bond donors (Lipinski definition) is 1. The van der Waals surface area contributed by atoms with Crippen molar-refractivity contribution >= 4 is 5.78 Å². The first-order valence-corrected chi connectivity index (χ1v) is 6.10. The van der Waals surface area contributed by atoms with Crippen molar-refractivity contribution in [2.24, 2.45) is 17.6 Å². The molecule has 0 saturated carbocycles. The van der Waals surface area contributed by atoms with Crippen LogP contribution in [0.25, 0.3) is 0 Å². The van der Waals surface area contributed by atoms with Gasteiger partial charge in [0, 0.05) is 18.0 Å². The number of benzene rings is 1. The summed E-state index contributed by atoms with van der Waals surface area (Å²) in [7, 11) is 0. The second kappa shape index (κ2) is 5.74. The van der Waals surface area contributed by atoms with E-state index in [1.807, 2.05) is 13.8 Å². The number of carbonyl (C=O) groups is 1. The van der Waals surface area contributed by atoms with Crippen molar-refractivity contribution in [1.82, 2.24) is 0 Å². The number of rotatable bonds is 4. The SMILES string of the molecule is Cc1cc(C(F)(F)F)ccc1C(=O)C(CN)C(C)C. The fourth-order valence-electron chi connectivity index (χ4n) is 2.00. The first kappa shape index (κ1) is 15.7. The summed E-state index contributed by atoms with van der Waals surface area (Å²) in [5.41, 5.74) is 5.47. The van der Waals surface area contributed by atoms with Crippen LogP contribution in [0.5, 0.6) is 0 Å². The van der Waals surface area contributed by atoms with Gasteiger partial charge in [-0.15, -0.1) is 0 Å². The predicted molar refractivity (Wildman–Crippen MR) is 67.9 cm³/mol. The van der Waals surface area contributed by atoms with Crippen LogP contribution in [0, 0.1) is 18.8 Å². The van der Waals surface area contributed by atoms with E-state index in [2.05, 4.69) is 0 Å². The van der Waals surface area contributed by atoms with E-state index in [1.165, 1.54) is 13.0 Å². The molecule has 1 rings (SSSR count). The van der Waals surface area contributed by atoms with E-state index < -0.39 is 11.7 Å². The molecule has 0 aliphatic carbocycles. The van der Waals surface area contributed by atoms with Gasteiger partial charge in [-0.3, -0.25) is 4.79 Å². The number of carbonyl (C=O) groups excluding carboxylic acids is 1. The highest BCUT2D eigenvalue weighted by Crippen LogP contribution is 2.31. The lowest BCUT2D eigenvalue weighted by Crippen LogP contribution is -2.29. The minimum Gasteiger partial charge on any atom is -0.330 e. The molecular formula is C14H18F3NO. The monoisotopic (exact) mass is 273 g/mol. The number of ketones is 1. The number of aryl methyl sites for hydroxylation is 1. The van der Waals surface area contributed by atoms with Crippen molar-refractivity contribution < 1.29 is 18.0 Å². The van der Waals surface area contributed by atoms with E-state index >= 15 is 0 Å². The lowest BCUT2D eigenvalue weighted by molar-refractivity contribution is -0.137. The van der Waals surface area contributed by atoms with Crippen LogP contribution < -0.4 is 5.73 Å². The maximum Gasteiger partial charge on any atom is 0.416 e. The first-order valence-electron chi connectivity index (χ1n) is 6.10. The average molecular weight is 273 g/mol. The summed E-state index contributed by atoms with van der Waals surface area (Å²) in [5, 5.41) is 0. The molecule has 0 aliphatic heterocycles. The summed E-state index contributed by atoms with van der Waals surface area (Å²) in [6.45, 7) is 5.44. The Bertz CT molecular complexity index is 466. The normalized spacial score (nSPS) is 13.7. The van der Waals surface area contributed by atoms with Crippen LogP contribution in [-0.2, 0) is 6.18 Å². The van der Waals surface area contributed by atoms with Crippen LogP contribution in [0.4, 0.5) is 13.2 Å². The highest BCUT2D eigenvalue weighted by atomic mass is 19.4. The van der Waals surface area contributed by atoms with Crippen LogP contribution in [0.2, 0.25) is 0 Å². The highest BCUT2D eigenvalue weighted by molar-refractivity contribution is 5.99. The molecule has 0 saturated heterocycles. The largest absolute Gasteiger partial charge is 0.416 e. The van der Waals surface area contributed by atoms with E-state index in [-0.39, 0.29) is 24.2 Å². The smallest absolute Gasteiger partial charge is 0.330 e. The molecule has 0 spiro atoms. The minimum absolute atomic E-state index is 0.0548. The van der Waals surface area contributed by atoms with Crippen LogP contribution >= 0.6 is 0 Å². The molecule has 2 N–H and O–H groups in total. The van der Waals surface area contributed by atoms with Gasteiger partial charge in [0.05, 0.1) is 5.56 Å². The van der Waals surface area contributed by atoms with Crippen LogP contribution in [0.3, 0.4) is 0 Å². The van der Waals surface area contributed by atoms with Gasteiger partial charge in [0.15, 0.2) is 5.78 Å².